The summed E-state index contributed by atoms with van der Waals surface area (Å²) in [7, 11) is 0. The number of benzene rings is 1. The molecular weight excluding hydrogens is 419 g/mol. The van der Waals surface area contributed by atoms with E-state index in [1.54, 1.807) is 11.3 Å². The van der Waals surface area contributed by atoms with Crippen molar-refractivity contribution in [2.75, 3.05) is 13.2 Å². The van der Waals surface area contributed by atoms with Crippen LogP contribution in [0.4, 0.5) is 0 Å². The molecule has 2 heterocycles. The van der Waals surface area contributed by atoms with Gasteiger partial charge in [-0.25, -0.2) is 0 Å². The summed E-state index contributed by atoms with van der Waals surface area (Å²) in [5, 5.41) is 2.46. The number of nitrogens with zero attached hydrogens (tertiary/aromatic N) is 1. The average molecular weight is 440 g/mol. The number of carbonyl (C=O) groups excluding carboxylic acids is 1. The van der Waals surface area contributed by atoms with Gasteiger partial charge in [0, 0.05) is 49.3 Å². The van der Waals surface area contributed by atoms with Crippen LogP contribution in [0, 0.1) is 6.92 Å². The van der Waals surface area contributed by atoms with Crippen molar-refractivity contribution >= 4 is 38.9 Å². The fourth-order valence-corrected chi connectivity index (χ4v) is 4.21. The molecule has 1 radical (unpaired) electrons. The van der Waals surface area contributed by atoms with Crippen molar-refractivity contribution < 1.29 is 42.2 Å². The van der Waals surface area contributed by atoms with Crippen molar-refractivity contribution in [3.63, 3.8) is 0 Å². The van der Waals surface area contributed by atoms with Crippen molar-refractivity contribution in [2.24, 2.45) is 0 Å². The Balaban J connectivity index is 0.00000208. The number of halogens is 1. The molecule has 24 heavy (non-hydrogen) atoms. The SMILES string of the molecule is [CH2-]CCCCCN1C(=O)C[C@@H]1COc1sc2ccccc2c1Cl.[Y]. The standard InChI is InChI=1S/C18H21ClNO2S.Y/c1-2-3-4-7-10-20-13(11-16(20)21)12-22-18-17(19)14-8-5-6-9-15(14)23-18;/h5-6,8-9,13H,1-4,7,10-12H2;/q-1;/t13-;/m1./s1. The molecule has 1 aliphatic heterocycles. The zero-order chi connectivity index (χ0) is 16.2. The largest absolute Gasteiger partial charge is 0.481 e. The van der Waals surface area contributed by atoms with Crippen LogP contribution in [-0.2, 0) is 37.5 Å². The Bertz CT molecular complexity index is 691. The minimum Gasteiger partial charge on any atom is -0.481 e. The van der Waals surface area contributed by atoms with E-state index in [2.05, 4.69) is 6.92 Å². The van der Waals surface area contributed by atoms with Crippen LogP contribution in [0.15, 0.2) is 24.3 Å². The van der Waals surface area contributed by atoms with Crippen molar-refractivity contribution in [1.29, 1.82) is 0 Å². The molecule has 0 aliphatic carbocycles. The fourth-order valence-electron chi connectivity index (χ4n) is 2.87. The number of unbranched alkanes of at least 4 members (excludes halogenated alkanes) is 3. The normalized spacial score (nSPS) is 16.8. The summed E-state index contributed by atoms with van der Waals surface area (Å²) < 4.78 is 7.04. The first kappa shape index (κ1) is 20.2. The summed E-state index contributed by atoms with van der Waals surface area (Å²) in [5.41, 5.74) is 0. The van der Waals surface area contributed by atoms with Gasteiger partial charge >= 0.3 is 0 Å². The van der Waals surface area contributed by atoms with Crippen molar-refractivity contribution in [3.05, 3.63) is 36.2 Å². The van der Waals surface area contributed by atoms with Crippen molar-refractivity contribution in [1.82, 2.24) is 4.90 Å². The molecule has 1 aliphatic rings. The molecule has 6 heteroatoms. The van der Waals surface area contributed by atoms with Crippen LogP contribution in [0.3, 0.4) is 0 Å². The van der Waals surface area contributed by atoms with Gasteiger partial charge < -0.3 is 16.6 Å². The summed E-state index contributed by atoms with van der Waals surface area (Å²) in [6.45, 7) is 5.19. The second kappa shape index (κ2) is 9.52. The Kier molecular flexibility index (Phi) is 7.99. The Labute approximate surface area is 177 Å². The van der Waals surface area contributed by atoms with E-state index < -0.39 is 0 Å². The maximum atomic E-state index is 11.8. The third-order valence-corrected chi connectivity index (χ3v) is 5.80. The molecule has 1 saturated heterocycles. The van der Waals surface area contributed by atoms with Crippen LogP contribution in [0.2, 0.25) is 5.02 Å². The van der Waals surface area contributed by atoms with Crippen LogP contribution < -0.4 is 4.74 Å². The summed E-state index contributed by atoms with van der Waals surface area (Å²) in [5.74, 6) is 0.232. The van der Waals surface area contributed by atoms with Gasteiger partial charge in [-0.15, -0.1) is 0 Å². The molecule has 1 fully saturated rings. The number of amides is 1. The number of rotatable bonds is 8. The van der Waals surface area contributed by atoms with E-state index in [9.17, 15) is 4.79 Å². The van der Waals surface area contributed by atoms with E-state index >= 15 is 0 Å². The summed E-state index contributed by atoms with van der Waals surface area (Å²) >= 11 is 7.95. The van der Waals surface area contributed by atoms with Gasteiger partial charge in [0.2, 0.25) is 5.91 Å². The number of ether oxygens (including phenoxy) is 1. The predicted molar refractivity (Wildman–Crippen MR) is 96.3 cm³/mol. The van der Waals surface area contributed by atoms with E-state index in [-0.39, 0.29) is 44.7 Å². The maximum absolute atomic E-state index is 11.8. The zero-order valence-corrected chi connectivity index (χ0v) is 18.1. The molecule has 0 N–H and O–H groups in total. The molecule has 1 aromatic heterocycles. The molecule has 0 spiro atoms. The van der Waals surface area contributed by atoms with E-state index in [1.807, 2.05) is 29.2 Å². The quantitative estimate of drug-likeness (QED) is 0.332. The van der Waals surface area contributed by atoms with Gasteiger partial charge in [0.05, 0.1) is 12.5 Å². The van der Waals surface area contributed by atoms with E-state index in [4.69, 9.17) is 16.3 Å². The van der Waals surface area contributed by atoms with Crippen LogP contribution in [0.5, 0.6) is 5.06 Å². The Morgan fingerprint density at radius 3 is 2.79 bits per heavy atom. The number of hydrogen-bond donors (Lipinski definition) is 0. The van der Waals surface area contributed by atoms with Gasteiger partial charge in [0.15, 0.2) is 5.06 Å². The van der Waals surface area contributed by atoms with Gasteiger partial charge in [0.25, 0.3) is 0 Å². The first-order chi connectivity index (χ1) is 11.2. The topological polar surface area (TPSA) is 29.5 Å². The Hall–Kier alpha value is -0.156. The molecule has 3 nitrogen and oxygen atoms in total. The predicted octanol–water partition coefficient (Wildman–Crippen LogP) is 4.93. The Morgan fingerprint density at radius 1 is 1.29 bits per heavy atom. The molecule has 127 valence electrons. The van der Waals surface area contributed by atoms with Crippen molar-refractivity contribution in [3.8, 4) is 5.06 Å². The third-order valence-electron chi connectivity index (χ3n) is 4.23. The smallest absolute Gasteiger partial charge is 0.225 e. The minimum atomic E-state index is 0. The molecular formula is C18H21ClNO2SY-. The van der Waals surface area contributed by atoms with Gasteiger partial charge in [-0.05, 0) is 12.5 Å². The summed E-state index contributed by atoms with van der Waals surface area (Å²) in [4.78, 5) is 13.7. The first-order valence-corrected chi connectivity index (χ1v) is 9.28. The molecule has 2 aromatic rings. The number of thiophene rings is 1. The van der Waals surface area contributed by atoms with E-state index in [1.165, 1.54) is 0 Å². The van der Waals surface area contributed by atoms with Crippen LogP contribution in [0.1, 0.15) is 32.1 Å². The summed E-state index contributed by atoms with van der Waals surface area (Å²) in [6.07, 6.45) is 4.84. The fraction of sp³-hybridized carbons (Fsp3) is 0.444. The number of likely N-dealkylation sites (tertiary alicyclic amines) is 1. The monoisotopic (exact) mass is 439 g/mol. The van der Waals surface area contributed by atoms with E-state index in [0.717, 1.165) is 47.4 Å². The van der Waals surface area contributed by atoms with Crippen LogP contribution in [-0.4, -0.2) is 30.0 Å². The van der Waals surface area contributed by atoms with Gasteiger partial charge in [0.1, 0.15) is 11.6 Å². The molecule has 1 amide bonds. The second-order valence-corrected chi connectivity index (χ2v) is 7.26. The number of hydrogen-bond acceptors (Lipinski definition) is 3. The van der Waals surface area contributed by atoms with Crippen LogP contribution >= 0.6 is 22.9 Å². The maximum Gasteiger partial charge on any atom is 0.225 e. The summed E-state index contributed by atoms with van der Waals surface area (Å²) in [6, 6.07) is 8.20. The number of β-lactam (4-membered cyclic amide) rings is 1. The number of carbonyl (C=O) groups is 1. The molecule has 1 atom stereocenters. The molecule has 0 saturated carbocycles. The first-order valence-electron chi connectivity index (χ1n) is 8.09. The molecule has 1 aromatic carbocycles. The van der Waals surface area contributed by atoms with Crippen LogP contribution in [0.25, 0.3) is 10.1 Å². The molecule has 3 rings (SSSR count). The van der Waals surface area contributed by atoms with Gasteiger partial charge in [-0.1, -0.05) is 54.0 Å². The van der Waals surface area contributed by atoms with E-state index in [0.29, 0.717) is 18.1 Å². The zero-order valence-electron chi connectivity index (χ0n) is 13.7. The van der Waals surface area contributed by atoms with Gasteiger partial charge in [-0.2, -0.15) is 6.42 Å². The third kappa shape index (κ3) is 4.52. The minimum absolute atomic E-state index is 0. The molecule has 0 bridgehead atoms. The molecule has 0 unspecified atom stereocenters. The van der Waals surface area contributed by atoms with Crippen molar-refractivity contribution in [2.45, 2.75) is 38.1 Å². The van der Waals surface area contributed by atoms with Gasteiger partial charge in [-0.3, -0.25) is 4.79 Å². The Morgan fingerprint density at radius 2 is 2.08 bits per heavy atom. The average Bonchev–Trinajstić information content (AvgIpc) is 2.87. The second-order valence-electron chi connectivity index (χ2n) is 5.87. The number of fused-ring (bicyclic) bond motifs is 1.